The van der Waals surface area contributed by atoms with E-state index in [-0.39, 0.29) is 18.3 Å². The molecule has 4 nitrogen and oxygen atoms in total. The molecule has 0 saturated heterocycles. The summed E-state index contributed by atoms with van der Waals surface area (Å²) in [6, 6.07) is 11.8. The van der Waals surface area contributed by atoms with Crippen LogP contribution in [0.4, 0.5) is 4.39 Å². The summed E-state index contributed by atoms with van der Waals surface area (Å²) in [4.78, 5) is 11.6. The van der Waals surface area contributed by atoms with Crippen LogP contribution in [0.5, 0.6) is 11.5 Å². The van der Waals surface area contributed by atoms with Crippen molar-refractivity contribution in [2.75, 3.05) is 13.7 Å². The van der Waals surface area contributed by atoms with E-state index in [4.69, 9.17) is 9.47 Å². The van der Waals surface area contributed by atoms with Crippen LogP contribution in [0.15, 0.2) is 48.5 Å². The van der Waals surface area contributed by atoms with Crippen molar-refractivity contribution in [2.45, 2.75) is 13.0 Å². The van der Waals surface area contributed by atoms with Gasteiger partial charge in [0.15, 0.2) is 0 Å². The minimum absolute atomic E-state index is 0.0412. The molecule has 0 aromatic heterocycles. The predicted octanol–water partition coefficient (Wildman–Crippen LogP) is 3.32. The number of nitrogens with one attached hydrogen (secondary N) is 1. The fourth-order valence-electron chi connectivity index (χ4n) is 2.54. The summed E-state index contributed by atoms with van der Waals surface area (Å²) in [6.45, 7) is 0.699. The van der Waals surface area contributed by atoms with Crippen molar-refractivity contribution in [3.8, 4) is 11.5 Å². The molecule has 0 radical (unpaired) electrons. The Hall–Kier alpha value is -2.82. The number of hydrogen-bond donors (Lipinski definition) is 1. The predicted molar refractivity (Wildman–Crippen MR) is 89.3 cm³/mol. The number of carbonyl (C=O) groups excluding carboxylic acids is 1. The molecule has 2 aromatic carbocycles. The van der Waals surface area contributed by atoms with Gasteiger partial charge in [0, 0.05) is 18.7 Å². The van der Waals surface area contributed by atoms with E-state index in [9.17, 15) is 9.18 Å². The zero-order valence-electron chi connectivity index (χ0n) is 13.3. The molecule has 24 heavy (non-hydrogen) atoms. The molecule has 1 heterocycles. The van der Waals surface area contributed by atoms with Gasteiger partial charge in [-0.05, 0) is 41.5 Å². The number of fused-ring (bicyclic) bond motifs is 1. The Morgan fingerprint density at radius 1 is 1.29 bits per heavy atom. The van der Waals surface area contributed by atoms with E-state index in [1.54, 1.807) is 19.2 Å². The lowest BCUT2D eigenvalue weighted by Gasteiger charge is -2.19. The molecule has 0 atom stereocenters. The molecule has 0 fully saturated rings. The van der Waals surface area contributed by atoms with Crippen LogP contribution >= 0.6 is 0 Å². The smallest absolute Gasteiger partial charge is 0.224 e. The topological polar surface area (TPSA) is 47.6 Å². The number of carbonyl (C=O) groups is 1. The maximum absolute atomic E-state index is 13.2. The Labute approximate surface area is 139 Å². The fourth-order valence-corrected chi connectivity index (χ4v) is 2.54. The normalized spacial score (nSPS) is 12.7. The van der Waals surface area contributed by atoms with E-state index in [0.717, 1.165) is 16.7 Å². The van der Waals surface area contributed by atoms with E-state index >= 15 is 0 Å². The molecule has 3 rings (SSSR count). The van der Waals surface area contributed by atoms with E-state index in [2.05, 4.69) is 5.32 Å². The highest BCUT2D eigenvalue weighted by Crippen LogP contribution is 2.34. The van der Waals surface area contributed by atoms with Crippen LogP contribution < -0.4 is 14.8 Å². The van der Waals surface area contributed by atoms with Crippen molar-refractivity contribution in [3.05, 3.63) is 65.5 Å². The maximum atomic E-state index is 13.2. The van der Waals surface area contributed by atoms with Crippen molar-refractivity contribution in [2.24, 2.45) is 0 Å². The summed E-state index contributed by atoms with van der Waals surface area (Å²) in [6.07, 6.45) is 2.22. The molecular weight excluding hydrogens is 309 g/mol. The standard InChI is InChI=1S/C19H18FNO3/c1-21-19(22)10-14-7-8-23-18-11-16(5-6-17(14)18)24-12-13-3-2-4-15(20)9-13/h2-7,9,11H,8,10,12H2,1H3,(H,21,22). The lowest BCUT2D eigenvalue weighted by molar-refractivity contribution is -0.119. The van der Waals surface area contributed by atoms with Crippen molar-refractivity contribution >= 4 is 11.5 Å². The molecule has 0 bridgehead atoms. The van der Waals surface area contributed by atoms with E-state index < -0.39 is 0 Å². The second-order valence-electron chi connectivity index (χ2n) is 5.47. The second kappa shape index (κ2) is 7.17. The van der Waals surface area contributed by atoms with Crippen LogP contribution in [-0.4, -0.2) is 19.6 Å². The largest absolute Gasteiger partial charge is 0.489 e. The van der Waals surface area contributed by atoms with Crippen LogP contribution in [0.2, 0.25) is 0 Å². The molecule has 1 aliphatic heterocycles. The second-order valence-corrected chi connectivity index (χ2v) is 5.47. The van der Waals surface area contributed by atoms with Gasteiger partial charge in [0.1, 0.15) is 30.5 Å². The summed E-state index contributed by atoms with van der Waals surface area (Å²) in [5, 5.41) is 2.62. The molecule has 5 heteroatoms. The fraction of sp³-hybridized carbons (Fsp3) is 0.211. The van der Waals surface area contributed by atoms with Gasteiger partial charge in [0.05, 0.1) is 6.42 Å². The lowest BCUT2D eigenvalue weighted by Crippen LogP contribution is -2.19. The Balaban J connectivity index is 1.72. The highest BCUT2D eigenvalue weighted by atomic mass is 19.1. The zero-order valence-corrected chi connectivity index (χ0v) is 13.3. The molecule has 0 aliphatic carbocycles. The maximum Gasteiger partial charge on any atom is 0.224 e. The molecule has 0 spiro atoms. The molecule has 1 aliphatic rings. The average Bonchev–Trinajstić information content (AvgIpc) is 2.60. The molecule has 0 saturated carbocycles. The summed E-state index contributed by atoms with van der Waals surface area (Å²) in [5.74, 6) is 1.00. The first-order valence-electron chi connectivity index (χ1n) is 7.70. The number of hydrogen-bond acceptors (Lipinski definition) is 3. The molecule has 2 aromatic rings. The minimum atomic E-state index is -0.283. The van der Waals surface area contributed by atoms with Gasteiger partial charge in [-0.25, -0.2) is 4.39 Å². The van der Waals surface area contributed by atoms with Crippen molar-refractivity contribution in [1.29, 1.82) is 0 Å². The third-order valence-electron chi connectivity index (χ3n) is 3.79. The van der Waals surface area contributed by atoms with Crippen molar-refractivity contribution < 1.29 is 18.7 Å². The summed E-state index contributed by atoms with van der Waals surface area (Å²) >= 11 is 0. The summed E-state index contributed by atoms with van der Waals surface area (Å²) in [5.41, 5.74) is 2.59. The quantitative estimate of drug-likeness (QED) is 0.916. The van der Waals surface area contributed by atoms with Crippen LogP contribution in [0.1, 0.15) is 17.5 Å². The van der Waals surface area contributed by atoms with Gasteiger partial charge in [-0.2, -0.15) is 0 Å². The SMILES string of the molecule is CNC(=O)CC1=CCOc2cc(OCc3cccc(F)c3)ccc21. The van der Waals surface area contributed by atoms with Gasteiger partial charge in [0.2, 0.25) is 5.91 Å². The van der Waals surface area contributed by atoms with E-state index in [1.807, 2.05) is 24.3 Å². The minimum Gasteiger partial charge on any atom is -0.489 e. The highest BCUT2D eigenvalue weighted by molar-refractivity contribution is 5.90. The Kier molecular flexibility index (Phi) is 4.79. The Morgan fingerprint density at radius 2 is 2.17 bits per heavy atom. The first-order valence-corrected chi connectivity index (χ1v) is 7.70. The van der Waals surface area contributed by atoms with Crippen LogP contribution in [0, 0.1) is 5.82 Å². The van der Waals surface area contributed by atoms with Crippen molar-refractivity contribution in [1.82, 2.24) is 5.32 Å². The molecule has 0 unspecified atom stereocenters. The lowest BCUT2D eigenvalue weighted by atomic mass is 9.99. The first kappa shape index (κ1) is 16.1. The Bertz CT molecular complexity index is 786. The van der Waals surface area contributed by atoms with Gasteiger partial charge in [0.25, 0.3) is 0 Å². The average molecular weight is 327 g/mol. The molecule has 1 N–H and O–H groups in total. The third-order valence-corrected chi connectivity index (χ3v) is 3.79. The van der Waals surface area contributed by atoms with Gasteiger partial charge in [-0.3, -0.25) is 4.79 Å². The van der Waals surface area contributed by atoms with Gasteiger partial charge < -0.3 is 14.8 Å². The monoisotopic (exact) mass is 327 g/mol. The van der Waals surface area contributed by atoms with E-state index in [1.165, 1.54) is 12.1 Å². The zero-order chi connectivity index (χ0) is 16.9. The van der Waals surface area contributed by atoms with E-state index in [0.29, 0.717) is 24.5 Å². The number of ether oxygens (including phenoxy) is 2. The van der Waals surface area contributed by atoms with Gasteiger partial charge >= 0.3 is 0 Å². The first-order chi connectivity index (χ1) is 11.7. The third kappa shape index (κ3) is 3.74. The molecule has 124 valence electrons. The molecule has 1 amide bonds. The highest BCUT2D eigenvalue weighted by Gasteiger charge is 2.17. The van der Waals surface area contributed by atoms with Crippen LogP contribution in [-0.2, 0) is 11.4 Å². The van der Waals surface area contributed by atoms with Crippen LogP contribution in [0.25, 0.3) is 5.57 Å². The van der Waals surface area contributed by atoms with Crippen molar-refractivity contribution in [3.63, 3.8) is 0 Å². The van der Waals surface area contributed by atoms with Crippen LogP contribution in [0.3, 0.4) is 0 Å². The summed E-state index contributed by atoms with van der Waals surface area (Å²) in [7, 11) is 1.62. The summed E-state index contributed by atoms with van der Waals surface area (Å²) < 4.78 is 24.5. The number of rotatable bonds is 5. The molecular formula is C19H18FNO3. The Morgan fingerprint density at radius 3 is 2.96 bits per heavy atom. The van der Waals surface area contributed by atoms with Gasteiger partial charge in [-0.15, -0.1) is 0 Å². The number of benzene rings is 2. The number of amides is 1. The number of halogens is 1. The van der Waals surface area contributed by atoms with Gasteiger partial charge in [-0.1, -0.05) is 12.1 Å².